The topological polar surface area (TPSA) is 79.2 Å². The van der Waals surface area contributed by atoms with Crippen molar-refractivity contribution in [2.45, 2.75) is 33.0 Å². The van der Waals surface area contributed by atoms with Crippen LogP contribution in [-0.4, -0.2) is 45.3 Å². The largest absolute Gasteiger partial charge is 0.350 e. The van der Waals surface area contributed by atoms with E-state index in [4.69, 9.17) is 0 Å². The fourth-order valence-corrected chi connectivity index (χ4v) is 3.58. The Bertz CT molecular complexity index is 1050. The molecule has 0 fully saturated rings. The number of hydrogen-bond acceptors (Lipinski definition) is 6. The number of hydrogen-bond donors (Lipinski definition) is 1. The highest BCUT2D eigenvalue weighted by Gasteiger charge is 2.34. The van der Waals surface area contributed by atoms with Crippen molar-refractivity contribution < 1.29 is 9.18 Å². The number of aromatic nitrogens is 4. The first-order chi connectivity index (χ1) is 14.5. The van der Waals surface area contributed by atoms with Gasteiger partial charge in [-0.2, -0.15) is 10.1 Å². The number of rotatable bonds is 6. The van der Waals surface area contributed by atoms with Crippen LogP contribution in [0.4, 0.5) is 21.8 Å². The molecule has 1 aromatic carbocycles. The average Bonchev–Trinajstić information content (AvgIpc) is 3.20. The lowest BCUT2D eigenvalue weighted by Crippen LogP contribution is -2.51. The lowest BCUT2D eigenvalue weighted by Gasteiger charge is -2.38. The molecule has 4 rings (SSSR count). The zero-order chi connectivity index (χ0) is 21.3. The van der Waals surface area contributed by atoms with E-state index in [1.54, 1.807) is 41.2 Å². The molecule has 8 nitrogen and oxygen atoms in total. The van der Waals surface area contributed by atoms with E-state index < -0.39 is 0 Å². The van der Waals surface area contributed by atoms with Crippen LogP contribution < -0.4 is 15.1 Å². The molecule has 3 aromatic rings. The molecule has 1 atom stereocenters. The number of nitrogens with zero attached hydrogens (tertiary/aromatic N) is 6. The van der Waals surface area contributed by atoms with E-state index in [0.717, 1.165) is 16.9 Å². The first-order valence-electron chi connectivity index (χ1n) is 9.87. The molecular weight excluding hydrogens is 385 g/mol. The van der Waals surface area contributed by atoms with Crippen molar-refractivity contribution in [1.29, 1.82) is 0 Å². The number of nitrogens with one attached hydrogen (secondary N) is 1. The summed E-state index contributed by atoms with van der Waals surface area (Å²) in [6.07, 6.45) is 5.39. The molecule has 0 aliphatic carbocycles. The standard InChI is InChI=1S/C21H24FN7O/c1-4-29-14(2)20(30)27(3)18-11-24-21(26-19(18)29)23-9-16-10-25-28(13-16)12-15-5-7-17(22)8-6-15/h5-8,10-11,13-14H,4,9,12H2,1-3H3,(H,23,24,26)/t14-/m0/s1. The maximum Gasteiger partial charge on any atom is 0.249 e. The second-order valence-corrected chi connectivity index (χ2v) is 7.29. The molecule has 3 heterocycles. The van der Waals surface area contributed by atoms with Crippen molar-refractivity contribution >= 4 is 23.4 Å². The third-order valence-electron chi connectivity index (χ3n) is 5.27. The van der Waals surface area contributed by atoms with E-state index in [2.05, 4.69) is 20.4 Å². The smallest absolute Gasteiger partial charge is 0.249 e. The van der Waals surface area contributed by atoms with Crippen LogP contribution in [0.3, 0.4) is 0 Å². The molecule has 2 aromatic heterocycles. The second-order valence-electron chi connectivity index (χ2n) is 7.29. The number of carbonyl (C=O) groups excluding carboxylic acids is 1. The molecule has 156 valence electrons. The monoisotopic (exact) mass is 409 g/mol. The van der Waals surface area contributed by atoms with Gasteiger partial charge in [0, 0.05) is 31.9 Å². The van der Waals surface area contributed by atoms with Gasteiger partial charge < -0.3 is 15.1 Å². The van der Waals surface area contributed by atoms with E-state index in [9.17, 15) is 9.18 Å². The van der Waals surface area contributed by atoms with Gasteiger partial charge >= 0.3 is 0 Å². The number of amides is 1. The van der Waals surface area contributed by atoms with E-state index in [1.807, 2.05) is 24.9 Å². The Morgan fingerprint density at radius 3 is 2.67 bits per heavy atom. The molecule has 1 aliphatic heterocycles. The van der Waals surface area contributed by atoms with E-state index in [1.165, 1.54) is 12.1 Å². The number of benzene rings is 1. The first-order valence-corrected chi connectivity index (χ1v) is 9.87. The minimum atomic E-state index is -0.264. The van der Waals surface area contributed by atoms with Crippen molar-refractivity contribution in [3.05, 3.63) is 59.8 Å². The molecule has 0 spiro atoms. The van der Waals surface area contributed by atoms with E-state index in [0.29, 0.717) is 31.3 Å². The van der Waals surface area contributed by atoms with Crippen LogP contribution >= 0.6 is 0 Å². The predicted molar refractivity (Wildman–Crippen MR) is 113 cm³/mol. The number of likely N-dealkylation sites (N-methyl/N-ethyl adjacent to an activating group) is 2. The van der Waals surface area contributed by atoms with Crippen molar-refractivity contribution in [2.75, 3.05) is 28.7 Å². The van der Waals surface area contributed by atoms with Gasteiger partial charge in [-0.15, -0.1) is 0 Å². The van der Waals surface area contributed by atoms with Crippen molar-refractivity contribution in [3.8, 4) is 0 Å². The molecule has 0 bridgehead atoms. The molecule has 0 radical (unpaired) electrons. The summed E-state index contributed by atoms with van der Waals surface area (Å²) in [5, 5.41) is 7.59. The Labute approximate surface area is 174 Å². The molecular formula is C21H24FN7O. The molecule has 0 saturated heterocycles. The highest BCUT2D eigenvalue weighted by Crippen LogP contribution is 2.33. The minimum absolute atomic E-state index is 0.0298. The predicted octanol–water partition coefficient (Wildman–Crippen LogP) is 2.66. The van der Waals surface area contributed by atoms with Gasteiger partial charge in [0.15, 0.2) is 5.82 Å². The van der Waals surface area contributed by atoms with Crippen LogP contribution in [0.15, 0.2) is 42.9 Å². The fraction of sp³-hybridized carbons (Fsp3) is 0.333. The maximum absolute atomic E-state index is 13.0. The first kappa shape index (κ1) is 19.8. The normalized spacial score (nSPS) is 16.0. The number of anilines is 3. The second kappa shape index (κ2) is 8.10. The molecule has 1 N–H and O–H groups in total. The summed E-state index contributed by atoms with van der Waals surface area (Å²) in [5.41, 5.74) is 2.66. The van der Waals surface area contributed by atoms with Gasteiger partial charge in [-0.05, 0) is 31.5 Å². The van der Waals surface area contributed by atoms with Crippen LogP contribution in [0.1, 0.15) is 25.0 Å². The number of halogens is 1. The molecule has 9 heteroatoms. The molecule has 30 heavy (non-hydrogen) atoms. The highest BCUT2D eigenvalue weighted by molar-refractivity contribution is 6.04. The summed E-state index contributed by atoms with van der Waals surface area (Å²) in [5.74, 6) is 1.02. The summed E-state index contributed by atoms with van der Waals surface area (Å²) in [6, 6.07) is 6.12. The van der Waals surface area contributed by atoms with Gasteiger partial charge in [0.05, 0.1) is 18.9 Å². The third-order valence-corrected chi connectivity index (χ3v) is 5.27. The summed E-state index contributed by atoms with van der Waals surface area (Å²) in [6.45, 7) is 5.65. The molecule has 0 unspecified atom stereocenters. The lowest BCUT2D eigenvalue weighted by atomic mass is 10.1. The highest BCUT2D eigenvalue weighted by atomic mass is 19.1. The summed E-state index contributed by atoms with van der Waals surface area (Å²) in [7, 11) is 1.75. The van der Waals surface area contributed by atoms with Gasteiger partial charge in [0.1, 0.15) is 17.5 Å². The van der Waals surface area contributed by atoms with Gasteiger partial charge in [-0.1, -0.05) is 12.1 Å². The Balaban J connectivity index is 1.45. The number of carbonyl (C=O) groups is 1. The van der Waals surface area contributed by atoms with Crippen molar-refractivity contribution in [3.63, 3.8) is 0 Å². The quantitative estimate of drug-likeness (QED) is 0.674. The van der Waals surface area contributed by atoms with Crippen LogP contribution in [0, 0.1) is 5.82 Å². The Morgan fingerprint density at radius 1 is 1.17 bits per heavy atom. The van der Waals surface area contributed by atoms with Gasteiger partial charge in [-0.25, -0.2) is 9.37 Å². The average molecular weight is 409 g/mol. The minimum Gasteiger partial charge on any atom is -0.350 e. The SMILES string of the molecule is CCN1c2nc(NCc3cnn(Cc4ccc(F)cc4)c3)ncc2N(C)C(=O)[C@@H]1C. The van der Waals surface area contributed by atoms with E-state index >= 15 is 0 Å². The summed E-state index contributed by atoms with van der Waals surface area (Å²) in [4.78, 5) is 25.0. The van der Waals surface area contributed by atoms with Crippen LogP contribution in [0.5, 0.6) is 0 Å². The Morgan fingerprint density at radius 2 is 1.93 bits per heavy atom. The van der Waals surface area contributed by atoms with Crippen LogP contribution in [0.2, 0.25) is 0 Å². The van der Waals surface area contributed by atoms with Gasteiger partial charge in [-0.3, -0.25) is 9.48 Å². The molecule has 1 amide bonds. The third kappa shape index (κ3) is 3.83. The maximum atomic E-state index is 13.0. The zero-order valence-electron chi connectivity index (χ0n) is 17.2. The van der Waals surface area contributed by atoms with Gasteiger partial charge in [0.2, 0.25) is 11.9 Å². The van der Waals surface area contributed by atoms with Crippen LogP contribution in [-0.2, 0) is 17.9 Å². The van der Waals surface area contributed by atoms with Crippen LogP contribution in [0.25, 0.3) is 0 Å². The zero-order valence-corrected chi connectivity index (χ0v) is 17.2. The molecule has 1 aliphatic rings. The Kier molecular flexibility index (Phi) is 5.35. The molecule has 0 saturated carbocycles. The van der Waals surface area contributed by atoms with Crippen molar-refractivity contribution in [1.82, 2.24) is 19.7 Å². The summed E-state index contributed by atoms with van der Waals surface area (Å²) >= 11 is 0. The Hall–Kier alpha value is -3.49. The van der Waals surface area contributed by atoms with Gasteiger partial charge in [0.25, 0.3) is 0 Å². The number of fused-ring (bicyclic) bond motifs is 1. The van der Waals surface area contributed by atoms with Crippen molar-refractivity contribution in [2.24, 2.45) is 0 Å². The fourth-order valence-electron chi connectivity index (χ4n) is 3.58. The summed E-state index contributed by atoms with van der Waals surface area (Å²) < 4.78 is 14.8. The lowest BCUT2D eigenvalue weighted by molar-refractivity contribution is -0.119. The van der Waals surface area contributed by atoms with E-state index in [-0.39, 0.29) is 17.8 Å².